The summed E-state index contributed by atoms with van der Waals surface area (Å²) in [5, 5.41) is 5.82. The van der Waals surface area contributed by atoms with Gasteiger partial charge >= 0.3 is 6.03 Å². The van der Waals surface area contributed by atoms with Crippen LogP contribution in [0.25, 0.3) is 0 Å². The summed E-state index contributed by atoms with van der Waals surface area (Å²) in [4.78, 5) is 30.6. The average Bonchev–Trinajstić information content (AvgIpc) is 2.92. The van der Waals surface area contributed by atoms with Gasteiger partial charge in [0.05, 0.1) is 17.2 Å². The van der Waals surface area contributed by atoms with Gasteiger partial charge in [-0.15, -0.1) is 11.3 Å². The van der Waals surface area contributed by atoms with Crippen molar-refractivity contribution in [3.05, 3.63) is 16.1 Å². The SMILES string of the molecule is Cc1nc(CN2C(=O)NC3(CCCCC3C)C2=O)cs1. The molecule has 1 N–H and O–H groups in total. The number of carbonyl (C=O) groups is 2. The van der Waals surface area contributed by atoms with Crippen LogP contribution < -0.4 is 5.32 Å². The number of aryl methyl sites for hydroxylation is 1. The van der Waals surface area contributed by atoms with Gasteiger partial charge in [-0.2, -0.15) is 0 Å². The summed E-state index contributed by atoms with van der Waals surface area (Å²) in [5.41, 5.74) is 0.122. The van der Waals surface area contributed by atoms with Crippen LogP contribution in [0.1, 0.15) is 43.3 Å². The predicted molar refractivity (Wildman–Crippen MR) is 76.3 cm³/mol. The fraction of sp³-hybridized carbons (Fsp3) is 0.643. The average molecular weight is 293 g/mol. The number of thiazole rings is 1. The molecule has 20 heavy (non-hydrogen) atoms. The quantitative estimate of drug-likeness (QED) is 0.852. The van der Waals surface area contributed by atoms with Gasteiger partial charge in [0.25, 0.3) is 5.91 Å². The van der Waals surface area contributed by atoms with E-state index in [0.29, 0.717) is 0 Å². The van der Waals surface area contributed by atoms with E-state index in [1.165, 1.54) is 16.2 Å². The number of nitrogens with zero attached hydrogens (tertiary/aromatic N) is 2. The first-order valence-corrected chi connectivity index (χ1v) is 7.96. The van der Waals surface area contributed by atoms with Gasteiger partial charge in [0.1, 0.15) is 5.54 Å². The molecular weight excluding hydrogens is 274 g/mol. The van der Waals surface area contributed by atoms with E-state index in [1.54, 1.807) is 0 Å². The van der Waals surface area contributed by atoms with E-state index in [1.807, 2.05) is 12.3 Å². The lowest BCUT2D eigenvalue weighted by atomic mass is 9.73. The third-order valence-electron chi connectivity index (χ3n) is 4.49. The van der Waals surface area contributed by atoms with Crippen molar-refractivity contribution in [2.45, 2.75) is 51.6 Å². The molecule has 2 heterocycles. The number of rotatable bonds is 2. The van der Waals surface area contributed by atoms with Crippen molar-refractivity contribution in [2.75, 3.05) is 0 Å². The summed E-state index contributed by atoms with van der Waals surface area (Å²) in [7, 11) is 0. The fourth-order valence-corrected chi connectivity index (χ4v) is 3.89. The molecule has 1 aromatic rings. The van der Waals surface area contributed by atoms with E-state index in [2.05, 4.69) is 17.2 Å². The van der Waals surface area contributed by atoms with E-state index in [0.717, 1.165) is 36.4 Å². The van der Waals surface area contributed by atoms with Crippen LogP contribution in [-0.2, 0) is 11.3 Å². The third kappa shape index (κ3) is 2.02. The third-order valence-corrected chi connectivity index (χ3v) is 5.31. The number of amides is 3. The molecule has 5 nitrogen and oxygen atoms in total. The Kier molecular flexibility index (Phi) is 3.28. The highest BCUT2D eigenvalue weighted by Gasteiger charge is 2.54. The monoisotopic (exact) mass is 293 g/mol. The van der Waals surface area contributed by atoms with Crippen LogP contribution in [0.15, 0.2) is 5.38 Å². The fourth-order valence-electron chi connectivity index (χ4n) is 3.28. The maximum absolute atomic E-state index is 12.7. The van der Waals surface area contributed by atoms with Gasteiger partial charge in [-0.05, 0) is 25.7 Å². The van der Waals surface area contributed by atoms with Crippen molar-refractivity contribution in [1.29, 1.82) is 0 Å². The maximum atomic E-state index is 12.7. The Balaban J connectivity index is 1.83. The van der Waals surface area contributed by atoms with Crippen molar-refractivity contribution in [1.82, 2.24) is 15.2 Å². The molecule has 0 aromatic carbocycles. The van der Waals surface area contributed by atoms with Crippen molar-refractivity contribution in [3.8, 4) is 0 Å². The highest BCUT2D eigenvalue weighted by atomic mass is 32.1. The molecule has 1 spiro atoms. The molecule has 2 atom stereocenters. The molecular formula is C14H19N3O2S. The second-order valence-electron chi connectivity index (χ2n) is 5.80. The first kappa shape index (κ1) is 13.5. The zero-order valence-electron chi connectivity index (χ0n) is 11.8. The smallest absolute Gasteiger partial charge is 0.323 e. The van der Waals surface area contributed by atoms with E-state index in [-0.39, 0.29) is 24.4 Å². The topological polar surface area (TPSA) is 62.3 Å². The van der Waals surface area contributed by atoms with Crippen LogP contribution in [0, 0.1) is 12.8 Å². The van der Waals surface area contributed by atoms with E-state index < -0.39 is 5.54 Å². The lowest BCUT2D eigenvalue weighted by Crippen LogP contribution is -2.53. The Bertz CT molecular complexity index is 556. The van der Waals surface area contributed by atoms with Crippen molar-refractivity contribution < 1.29 is 9.59 Å². The van der Waals surface area contributed by atoms with Crippen LogP contribution in [0.4, 0.5) is 4.79 Å². The normalized spacial score (nSPS) is 30.1. The van der Waals surface area contributed by atoms with Gasteiger partial charge in [-0.25, -0.2) is 9.78 Å². The van der Waals surface area contributed by atoms with Crippen LogP contribution in [-0.4, -0.2) is 27.4 Å². The first-order chi connectivity index (χ1) is 9.53. The van der Waals surface area contributed by atoms with Crippen LogP contribution >= 0.6 is 11.3 Å². The number of hydrogen-bond donors (Lipinski definition) is 1. The lowest BCUT2D eigenvalue weighted by Gasteiger charge is -2.36. The summed E-state index contributed by atoms with van der Waals surface area (Å²) in [5.74, 6) is 0.134. The highest BCUT2D eigenvalue weighted by Crippen LogP contribution is 2.38. The molecule has 108 valence electrons. The Morgan fingerprint density at radius 1 is 1.50 bits per heavy atom. The Labute approximate surface area is 122 Å². The first-order valence-electron chi connectivity index (χ1n) is 7.08. The van der Waals surface area contributed by atoms with Gasteiger partial charge < -0.3 is 5.32 Å². The summed E-state index contributed by atoms with van der Waals surface area (Å²) < 4.78 is 0. The second kappa shape index (κ2) is 4.84. The number of carbonyl (C=O) groups excluding carboxylic acids is 2. The van der Waals surface area contributed by atoms with Crippen LogP contribution in [0.5, 0.6) is 0 Å². The van der Waals surface area contributed by atoms with Gasteiger partial charge in [0.15, 0.2) is 0 Å². The summed E-state index contributed by atoms with van der Waals surface area (Å²) in [6.07, 6.45) is 3.89. The lowest BCUT2D eigenvalue weighted by molar-refractivity contribution is -0.134. The maximum Gasteiger partial charge on any atom is 0.325 e. The molecule has 2 unspecified atom stereocenters. The minimum Gasteiger partial charge on any atom is -0.323 e. The molecule has 1 aliphatic carbocycles. The van der Waals surface area contributed by atoms with E-state index in [9.17, 15) is 9.59 Å². The second-order valence-corrected chi connectivity index (χ2v) is 6.86. The number of hydrogen-bond acceptors (Lipinski definition) is 4. The Morgan fingerprint density at radius 3 is 2.95 bits per heavy atom. The van der Waals surface area contributed by atoms with E-state index >= 15 is 0 Å². The minimum absolute atomic E-state index is 0.0691. The molecule has 6 heteroatoms. The molecule has 1 aliphatic heterocycles. The molecule has 1 saturated carbocycles. The van der Waals surface area contributed by atoms with Crippen molar-refractivity contribution >= 4 is 23.3 Å². The van der Waals surface area contributed by atoms with Gasteiger partial charge in [-0.1, -0.05) is 19.8 Å². The standard InChI is InChI=1S/C14H19N3O2S/c1-9-5-3-4-6-14(9)12(18)17(13(19)16-14)7-11-8-20-10(2)15-11/h8-9H,3-7H2,1-2H3,(H,16,19). The molecule has 1 aromatic heterocycles. The van der Waals surface area contributed by atoms with Gasteiger partial charge in [0.2, 0.25) is 0 Å². The number of aromatic nitrogens is 1. The molecule has 3 rings (SSSR count). The molecule has 1 saturated heterocycles. The zero-order chi connectivity index (χ0) is 14.3. The summed E-state index contributed by atoms with van der Waals surface area (Å²) >= 11 is 1.54. The van der Waals surface area contributed by atoms with Gasteiger partial charge in [-0.3, -0.25) is 9.69 Å². The number of urea groups is 1. The van der Waals surface area contributed by atoms with Crippen LogP contribution in [0.3, 0.4) is 0 Å². The molecule has 0 radical (unpaired) electrons. The molecule has 2 fully saturated rings. The van der Waals surface area contributed by atoms with E-state index in [4.69, 9.17) is 0 Å². The van der Waals surface area contributed by atoms with Crippen LogP contribution in [0.2, 0.25) is 0 Å². The van der Waals surface area contributed by atoms with Crippen molar-refractivity contribution in [3.63, 3.8) is 0 Å². The van der Waals surface area contributed by atoms with Gasteiger partial charge in [0, 0.05) is 5.38 Å². The summed E-state index contributed by atoms with van der Waals surface area (Å²) in [6.45, 7) is 4.27. The zero-order valence-corrected chi connectivity index (χ0v) is 12.6. The summed E-state index contributed by atoms with van der Waals surface area (Å²) in [6, 6.07) is -0.269. The Morgan fingerprint density at radius 2 is 2.30 bits per heavy atom. The number of nitrogens with one attached hydrogen (secondary N) is 1. The molecule has 0 bridgehead atoms. The minimum atomic E-state index is -0.666. The molecule has 3 amide bonds. The molecule has 2 aliphatic rings. The highest BCUT2D eigenvalue weighted by molar-refractivity contribution is 7.09. The van der Waals surface area contributed by atoms with Crippen molar-refractivity contribution in [2.24, 2.45) is 5.92 Å². The largest absolute Gasteiger partial charge is 0.325 e. The predicted octanol–water partition coefficient (Wildman–Crippen LogP) is 2.45. The number of imide groups is 1. The Hall–Kier alpha value is -1.43.